The maximum Gasteiger partial charge on any atom is 0.250 e. The molecular formula is C17H24Cl2N3O3S+. The minimum absolute atomic E-state index is 0.0487. The topological polar surface area (TPSA) is 109 Å². The highest BCUT2D eigenvalue weighted by molar-refractivity contribution is 7.94. The average molecular weight is 421 g/mol. The van der Waals surface area contributed by atoms with Crippen molar-refractivity contribution in [3.05, 3.63) is 44.4 Å². The number of sulfonamides is 1. The lowest BCUT2D eigenvalue weighted by atomic mass is 9.86. The number of hydrogen-bond acceptors (Lipinski definition) is 4. The zero-order chi connectivity index (χ0) is 19.7. The smallest absolute Gasteiger partial charge is 0.250 e. The molecule has 0 unspecified atom stereocenters. The van der Waals surface area contributed by atoms with Gasteiger partial charge in [0.25, 0.3) is 10.0 Å². The van der Waals surface area contributed by atoms with E-state index in [1.54, 1.807) is 18.2 Å². The second-order valence-electron chi connectivity index (χ2n) is 6.75. The summed E-state index contributed by atoms with van der Waals surface area (Å²) in [6.45, 7) is 3.38. The van der Waals surface area contributed by atoms with Crippen LogP contribution in [0, 0.1) is 0 Å². The van der Waals surface area contributed by atoms with Crippen molar-refractivity contribution in [3.63, 3.8) is 0 Å². The Balaban J connectivity index is 2.13. The van der Waals surface area contributed by atoms with E-state index in [1.807, 2.05) is 0 Å². The fourth-order valence-corrected chi connectivity index (χ4v) is 5.25. The molecule has 26 heavy (non-hydrogen) atoms. The molecule has 2 rings (SSSR count). The van der Waals surface area contributed by atoms with E-state index in [0.717, 1.165) is 5.56 Å². The number of aliphatic hydroxyl groups is 1. The maximum atomic E-state index is 12.8. The summed E-state index contributed by atoms with van der Waals surface area (Å²) >= 11 is 11.9. The lowest BCUT2D eigenvalue weighted by molar-refractivity contribution is -0.113. The Morgan fingerprint density at radius 2 is 1.85 bits per heavy atom. The minimum atomic E-state index is -3.78. The van der Waals surface area contributed by atoms with Gasteiger partial charge in [-0.3, -0.25) is 5.41 Å². The van der Waals surface area contributed by atoms with E-state index in [-0.39, 0.29) is 29.4 Å². The predicted octanol–water partition coefficient (Wildman–Crippen LogP) is 1.10. The molecule has 0 atom stereocenters. The van der Waals surface area contributed by atoms with E-state index >= 15 is 0 Å². The quantitative estimate of drug-likeness (QED) is 0.619. The summed E-state index contributed by atoms with van der Waals surface area (Å²) in [7, 11) is -3.78. The monoisotopic (exact) mass is 420 g/mol. The number of piperidine rings is 1. The van der Waals surface area contributed by atoms with Gasteiger partial charge in [0.05, 0.1) is 15.6 Å². The SMILES string of the molecule is CC(=[NH2+])C(=C(C)N)S(=O)(=O)N1CCC(O)(Cc2ccc(Cl)c(Cl)c2)CC1. The number of nitrogens with zero attached hydrogens (tertiary/aromatic N) is 1. The lowest BCUT2D eigenvalue weighted by Gasteiger charge is -2.37. The van der Waals surface area contributed by atoms with Crippen molar-refractivity contribution in [1.82, 2.24) is 4.31 Å². The van der Waals surface area contributed by atoms with Crippen LogP contribution in [0.15, 0.2) is 28.8 Å². The van der Waals surface area contributed by atoms with Gasteiger partial charge in [0.15, 0.2) is 10.6 Å². The normalized spacial score (nSPS) is 19.1. The summed E-state index contributed by atoms with van der Waals surface area (Å²) in [4.78, 5) is -0.0487. The molecule has 1 saturated heterocycles. The third-order valence-electron chi connectivity index (χ3n) is 4.48. The number of benzene rings is 1. The van der Waals surface area contributed by atoms with Crippen molar-refractivity contribution in [2.24, 2.45) is 5.73 Å². The second-order valence-corrected chi connectivity index (χ2v) is 9.44. The largest absolute Gasteiger partial charge is 0.401 e. The van der Waals surface area contributed by atoms with Crippen molar-refractivity contribution in [2.75, 3.05) is 13.1 Å². The molecule has 1 heterocycles. The van der Waals surface area contributed by atoms with Gasteiger partial charge in [0.1, 0.15) is 0 Å². The van der Waals surface area contributed by atoms with Crippen molar-refractivity contribution >= 4 is 38.9 Å². The Kier molecular flexibility index (Phi) is 6.40. The Hall–Kier alpha value is -1.12. The van der Waals surface area contributed by atoms with Crippen molar-refractivity contribution in [1.29, 1.82) is 0 Å². The third-order valence-corrected chi connectivity index (χ3v) is 7.43. The molecule has 6 nitrogen and oxygen atoms in total. The summed E-state index contributed by atoms with van der Waals surface area (Å²) < 4.78 is 26.9. The lowest BCUT2D eigenvalue weighted by Crippen LogP contribution is -2.50. The van der Waals surface area contributed by atoms with E-state index in [4.69, 9.17) is 34.3 Å². The minimum Gasteiger partial charge on any atom is -0.401 e. The van der Waals surface area contributed by atoms with E-state index in [0.29, 0.717) is 29.3 Å². The summed E-state index contributed by atoms with van der Waals surface area (Å²) in [5.41, 5.74) is 5.86. The highest BCUT2D eigenvalue weighted by Crippen LogP contribution is 2.31. The van der Waals surface area contributed by atoms with Crippen LogP contribution in [0.5, 0.6) is 0 Å². The van der Waals surface area contributed by atoms with E-state index in [1.165, 1.54) is 18.2 Å². The van der Waals surface area contributed by atoms with Gasteiger partial charge in [0, 0.05) is 32.1 Å². The van der Waals surface area contributed by atoms with Gasteiger partial charge in [-0.25, -0.2) is 8.42 Å². The van der Waals surface area contributed by atoms with Gasteiger partial charge in [-0.15, -0.1) is 0 Å². The molecule has 1 aliphatic rings. The van der Waals surface area contributed by atoms with Crippen LogP contribution in [0.1, 0.15) is 32.3 Å². The molecule has 5 N–H and O–H groups in total. The molecule has 1 fully saturated rings. The first-order valence-electron chi connectivity index (χ1n) is 8.18. The van der Waals surface area contributed by atoms with Crippen LogP contribution in [0.3, 0.4) is 0 Å². The highest BCUT2D eigenvalue weighted by atomic mass is 35.5. The number of nitrogens with two attached hydrogens (primary N) is 2. The van der Waals surface area contributed by atoms with E-state index in [9.17, 15) is 13.5 Å². The molecule has 0 radical (unpaired) electrons. The van der Waals surface area contributed by atoms with E-state index in [2.05, 4.69) is 0 Å². The maximum absolute atomic E-state index is 12.8. The average Bonchev–Trinajstić information content (AvgIpc) is 2.50. The van der Waals surface area contributed by atoms with Crippen LogP contribution in [-0.2, 0) is 16.4 Å². The van der Waals surface area contributed by atoms with Gasteiger partial charge >= 0.3 is 0 Å². The highest BCUT2D eigenvalue weighted by Gasteiger charge is 2.39. The number of halogens is 2. The Labute approximate surface area is 164 Å². The molecular weight excluding hydrogens is 397 g/mol. The molecule has 0 bridgehead atoms. The Morgan fingerprint density at radius 1 is 1.27 bits per heavy atom. The van der Waals surface area contributed by atoms with E-state index < -0.39 is 15.6 Å². The number of rotatable bonds is 5. The van der Waals surface area contributed by atoms with Crippen LogP contribution < -0.4 is 11.1 Å². The molecule has 0 amide bonds. The van der Waals surface area contributed by atoms with Crippen LogP contribution in [0.4, 0.5) is 0 Å². The van der Waals surface area contributed by atoms with Crippen LogP contribution in [-0.4, -0.2) is 42.2 Å². The first-order valence-corrected chi connectivity index (χ1v) is 10.4. The van der Waals surface area contributed by atoms with Crippen molar-refractivity contribution in [2.45, 2.75) is 38.7 Å². The van der Waals surface area contributed by atoms with Crippen LogP contribution in [0.2, 0.25) is 10.0 Å². The molecule has 1 aliphatic heterocycles. The summed E-state index contributed by atoms with van der Waals surface area (Å²) in [5, 5.41) is 17.5. The summed E-state index contributed by atoms with van der Waals surface area (Å²) in [6.07, 6.45) is 0.971. The first-order chi connectivity index (χ1) is 12.0. The predicted molar refractivity (Wildman–Crippen MR) is 104 cm³/mol. The van der Waals surface area contributed by atoms with Crippen LogP contribution >= 0.6 is 23.2 Å². The standard InChI is InChI=1S/C17H23Cl2N3O3S/c1-11(20)16(12(2)21)26(24,25)22-7-5-17(23,6-8-22)10-13-3-4-14(18)15(19)9-13/h3-4,9,20,23H,5-8,10,21H2,1-2H3/p+1. The summed E-state index contributed by atoms with van der Waals surface area (Å²) in [5.74, 6) is 0. The molecule has 0 aliphatic carbocycles. The zero-order valence-corrected chi connectivity index (χ0v) is 17.1. The first kappa shape index (κ1) is 21.2. The number of hydrogen-bond donors (Lipinski definition) is 3. The molecule has 144 valence electrons. The van der Waals surface area contributed by atoms with Crippen LogP contribution in [0.25, 0.3) is 0 Å². The second kappa shape index (κ2) is 7.86. The molecule has 1 aromatic rings. The third kappa shape index (κ3) is 4.58. The molecule has 0 saturated carbocycles. The Morgan fingerprint density at radius 3 is 2.31 bits per heavy atom. The van der Waals surface area contributed by atoms with Crippen molar-refractivity contribution < 1.29 is 18.9 Å². The molecule has 9 heteroatoms. The number of allylic oxidation sites excluding steroid dienone is 2. The molecule has 0 aromatic heterocycles. The van der Waals surface area contributed by atoms with Gasteiger partial charge in [-0.1, -0.05) is 29.3 Å². The Bertz CT molecular complexity index is 841. The van der Waals surface area contributed by atoms with Gasteiger partial charge < -0.3 is 10.8 Å². The van der Waals surface area contributed by atoms with Gasteiger partial charge in [-0.05, 0) is 37.5 Å². The summed E-state index contributed by atoms with van der Waals surface area (Å²) in [6, 6.07) is 5.21. The molecule has 1 aromatic carbocycles. The van der Waals surface area contributed by atoms with Gasteiger partial charge in [0.2, 0.25) is 0 Å². The fraction of sp³-hybridized carbons (Fsp3) is 0.471. The van der Waals surface area contributed by atoms with Crippen molar-refractivity contribution in [3.8, 4) is 0 Å². The zero-order valence-electron chi connectivity index (χ0n) is 14.8. The fourth-order valence-electron chi connectivity index (χ4n) is 3.20. The molecule has 0 spiro atoms. The van der Waals surface area contributed by atoms with Gasteiger partial charge in [-0.2, -0.15) is 4.31 Å².